The third-order valence-corrected chi connectivity index (χ3v) is 5.82. The van der Waals surface area contributed by atoms with Gasteiger partial charge >= 0.3 is 0 Å². The largest absolute Gasteiger partial charge is 0.298 e. The van der Waals surface area contributed by atoms with Crippen LogP contribution in [0.5, 0.6) is 0 Å². The Morgan fingerprint density at radius 1 is 1.17 bits per heavy atom. The topological polar surface area (TPSA) is 54.9 Å². The molecule has 118 valence electrons. The Hall–Kier alpha value is -1.70. The van der Waals surface area contributed by atoms with Crippen molar-refractivity contribution in [3.8, 4) is 0 Å². The molecule has 0 aliphatic carbocycles. The number of carbonyl (C=O) groups excluding carboxylic acids is 1. The highest BCUT2D eigenvalue weighted by Crippen LogP contribution is 2.27. The molecule has 0 aliphatic heterocycles. The van der Waals surface area contributed by atoms with E-state index in [0.29, 0.717) is 10.7 Å². The van der Waals surface area contributed by atoms with Gasteiger partial charge in [-0.15, -0.1) is 34.4 Å². The zero-order valence-corrected chi connectivity index (χ0v) is 15.1. The summed E-state index contributed by atoms with van der Waals surface area (Å²) in [5.74, 6) is 0.627. The van der Waals surface area contributed by atoms with E-state index in [1.807, 2.05) is 43.5 Å². The third kappa shape index (κ3) is 4.19. The van der Waals surface area contributed by atoms with Crippen molar-refractivity contribution >= 4 is 45.5 Å². The number of amides is 1. The van der Waals surface area contributed by atoms with E-state index in [0.717, 1.165) is 27.0 Å². The average Bonchev–Trinajstić information content (AvgIpc) is 3.14. The first-order chi connectivity index (χ1) is 11.1. The number of nitrogens with zero attached hydrogens (tertiary/aromatic N) is 2. The lowest BCUT2D eigenvalue weighted by molar-refractivity contribution is 0.102. The molecule has 4 nitrogen and oxygen atoms in total. The molecule has 3 aromatic rings. The zero-order valence-electron chi connectivity index (χ0n) is 12.7. The molecule has 0 radical (unpaired) electrons. The fourth-order valence-corrected chi connectivity index (χ4v) is 4.33. The summed E-state index contributed by atoms with van der Waals surface area (Å²) in [4.78, 5) is 22.2. The monoisotopic (exact) mass is 361 g/mol. The Bertz CT molecular complexity index is 825. The van der Waals surface area contributed by atoms with Gasteiger partial charge in [-0.2, -0.15) is 0 Å². The van der Waals surface area contributed by atoms with E-state index < -0.39 is 0 Å². The Morgan fingerprint density at radius 2 is 2.00 bits per heavy atom. The fourth-order valence-electron chi connectivity index (χ4n) is 1.98. The van der Waals surface area contributed by atoms with Gasteiger partial charge in [-0.3, -0.25) is 10.1 Å². The number of hydrogen-bond donors (Lipinski definition) is 1. The highest BCUT2D eigenvalue weighted by atomic mass is 32.2. The van der Waals surface area contributed by atoms with Crippen LogP contribution in [0.2, 0.25) is 0 Å². The van der Waals surface area contributed by atoms with E-state index in [2.05, 4.69) is 20.7 Å². The Labute approximate surface area is 147 Å². The molecule has 0 fully saturated rings. The molecule has 0 bridgehead atoms. The van der Waals surface area contributed by atoms with Gasteiger partial charge in [0.25, 0.3) is 5.91 Å². The molecule has 3 rings (SSSR count). The predicted molar refractivity (Wildman–Crippen MR) is 97.7 cm³/mol. The minimum Gasteiger partial charge on any atom is -0.298 e. The van der Waals surface area contributed by atoms with Gasteiger partial charge in [0.2, 0.25) is 0 Å². The molecule has 7 heteroatoms. The molecule has 0 saturated carbocycles. The SMILES string of the molecule is Cc1csc(NC(=O)c2ccccc2SCc2csc(C)n2)n1. The second-order valence-corrected chi connectivity index (χ2v) is 7.83. The number of nitrogens with one attached hydrogen (secondary N) is 1. The van der Waals surface area contributed by atoms with E-state index in [-0.39, 0.29) is 5.91 Å². The normalized spacial score (nSPS) is 10.7. The standard InChI is InChI=1S/C16H15N3OS3/c1-10-7-23-16(17-10)19-15(20)13-5-3-4-6-14(13)22-9-12-8-21-11(2)18-12/h3-8H,9H2,1-2H3,(H,17,19,20). The lowest BCUT2D eigenvalue weighted by atomic mass is 10.2. The number of hydrogen-bond acceptors (Lipinski definition) is 6. The molecule has 0 atom stereocenters. The number of aromatic nitrogens is 2. The maximum absolute atomic E-state index is 12.5. The molecule has 2 aromatic heterocycles. The van der Waals surface area contributed by atoms with Crippen LogP contribution in [0.4, 0.5) is 5.13 Å². The van der Waals surface area contributed by atoms with Crippen molar-refractivity contribution in [3.63, 3.8) is 0 Å². The van der Waals surface area contributed by atoms with Crippen LogP contribution in [0.15, 0.2) is 39.9 Å². The molecule has 2 heterocycles. The molecule has 23 heavy (non-hydrogen) atoms. The first-order valence-corrected chi connectivity index (χ1v) is 9.72. The number of anilines is 1. The number of aryl methyl sites for hydroxylation is 2. The Morgan fingerprint density at radius 3 is 2.70 bits per heavy atom. The van der Waals surface area contributed by atoms with E-state index in [9.17, 15) is 4.79 Å². The van der Waals surface area contributed by atoms with Gasteiger partial charge in [0.05, 0.1) is 22.0 Å². The fraction of sp³-hybridized carbons (Fsp3) is 0.188. The molecule has 0 unspecified atom stereocenters. The van der Waals surface area contributed by atoms with Crippen molar-refractivity contribution in [2.24, 2.45) is 0 Å². The summed E-state index contributed by atoms with van der Waals surface area (Å²) in [5.41, 5.74) is 2.62. The highest BCUT2D eigenvalue weighted by molar-refractivity contribution is 7.98. The molecule has 0 aliphatic rings. The van der Waals surface area contributed by atoms with Crippen LogP contribution in [-0.4, -0.2) is 15.9 Å². The Kier molecular flexibility index (Phi) is 5.09. The number of rotatable bonds is 5. The van der Waals surface area contributed by atoms with Crippen LogP contribution in [-0.2, 0) is 5.75 Å². The third-order valence-electron chi connectivity index (χ3n) is 3.01. The van der Waals surface area contributed by atoms with Crippen molar-refractivity contribution in [1.82, 2.24) is 9.97 Å². The van der Waals surface area contributed by atoms with E-state index in [4.69, 9.17) is 0 Å². The molecule has 1 N–H and O–H groups in total. The smallest absolute Gasteiger partial charge is 0.258 e. The van der Waals surface area contributed by atoms with Crippen LogP contribution in [0, 0.1) is 13.8 Å². The minimum atomic E-state index is -0.128. The summed E-state index contributed by atoms with van der Waals surface area (Å²) in [6, 6.07) is 7.62. The van der Waals surface area contributed by atoms with Gasteiger partial charge in [0.15, 0.2) is 5.13 Å². The van der Waals surface area contributed by atoms with Crippen LogP contribution in [0.25, 0.3) is 0 Å². The molecular formula is C16H15N3OS3. The minimum absolute atomic E-state index is 0.128. The van der Waals surface area contributed by atoms with Gasteiger partial charge in [0.1, 0.15) is 0 Å². The van der Waals surface area contributed by atoms with Gasteiger partial charge in [-0.05, 0) is 26.0 Å². The number of thioether (sulfide) groups is 1. The predicted octanol–water partition coefficient (Wildman–Crippen LogP) is 4.76. The first-order valence-electron chi connectivity index (χ1n) is 6.98. The second kappa shape index (κ2) is 7.25. The van der Waals surface area contributed by atoms with Crippen molar-refractivity contribution in [1.29, 1.82) is 0 Å². The molecule has 1 amide bonds. The molecular weight excluding hydrogens is 346 g/mol. The van der Waals surface area contributed by atoms with Gasteiger partial charge < -0.3 is 0 Å². The van der Waals surface area contributed by atoms with Crippen LogP contribution in [0.3, 0.4) is 0 Å². The summed E-state index contributed by atoms with van der Waals surface area (Å²) in [6.45, 7) is 3.90. The quantitative estimate of drug-likeness (QED) is 0.666. The number of thiazole rings is 2. The van der Waals surface area contributed by atoms with E-state index in [1.54, 1.807) is 23.1 Å². The summed E-state index contributed by atoms with van der Waals surface area (Å²) < 4.78 is 0. The molecule has 0 spiro atoms. The summed E-state index contributed by atoms with van der Waals surface area (Å²) in [7, 11) is 0. The van der Waals surface area contributed by atoms with Crippen LogP contribution in [0.1, 0.15) is 26.8 Å². The number of benzene rings is 1. The van der Waals surface area contributed by atoms with Gasteiger partial charge in [-0.25, -0.2) is 9.97 Å². The maximum Gasteiger partial charge on any atom is 0.258 e. The first kappa shape index (κ1) is 16.2. The number of carbonyl (C=O) groups is 1. The van der Waals surface area contributed by atoms with E-state index in [1.165, 1.54) is 11.3 Å². The van der Waals surface area contributed by atoms with Gasteiger partial charge in [0, 0.05) is 21.4 Å². The highest BCUT2D eigenvalue weighted by Gasteiger charge is 2.13. The Balaban J connectivity index is 1.73. The van der Waals surface area contributed by atoms with Crippen molar-refractivity contribution in [3.05, 3.63) is 57.0 Å². The molecule has 0 saturated heterocycles. The second-order valence-electron chi connectivity index (χ2n) is 4.89. The van der Waals surface area contributed by atoms with Crippen LogP contribution >= 0.6 is 34.4 Å². The van der Waals surface area contributed by atoms with Crippen molar-refractivity contribution < 1.29 is 4.79 Å². The van der Waals surface area contributed by atoms with Crippen molar-refractivity contribution in [2.75, 3.05) is 5.32 Å². The van der Waals surface area contributed by atoms with Gasteiger partial charge in [-0.1, -0.05) is 12.1 Å². The average molecular weight is 362 g/mol. The van der Waals surface area contributed by atoms with E-state index >= 15 is 0 Å². The summed E-state index contributed by atoms with van der Waals surface area (Å²) in [5, 5.41) is 8.53. The summed E-state index contributed by atoms with van der Waals surface area (Å²) in [6.07, 6.45) is 0. The lowest BCUT2D eigenvalue weighted by Gasteiger charge is -2.08. The maximum atomic E-state index is 12.5. The molecule has 1 aromatic carbocycles. The zero-order chi connectivity index (χ0) is 16.2. The van der Waals surface area contributed by atoms with Crippen LogP contribution < -0.4 is 5.32 Å². The van der Waals surface area contributed by atoms with Crippen molar-refractivity contribution in [2.45, 2.75) is 24.5 Å². The summed E-state index contributed by atoms with van der Waals surface area (Å²) >= 11 is 4.70. The lowest BCUT2D eigenvalue weighted by Crippen LogP contribution is -2.12.